The van der Waals surface area contributed by atoms with Crippen molar-refractivity contribution in [2.75, 3.05) is 19.6 Å². The molecule has 1 saturated carbocycles. The first-order valence-electron chi connectivity index (χ1n) is 7.77. The Labute approximate surface area is 129 Å². The van der Waals surface area contributed by atoms with Gasteiger partial charge in [0.1, 0.15) is 11.6 Å². The Bertz CT molecular complexity index is 564. The summed E-state index contributed by atoms with van der Waals surface area (Å²) in [5, 5.41) is 2.82. The van der Waals surface area contributed by atoms with Crippen molar-refractivity contribution in [3.8, 4) is 0 Å². The van der Waals surface area contributed by atoms with Gasteiger partial charge in [-0.3, -0.25) is 4.79 Å². The molecule has 1 amide bonds. The third kappa shape index (κ3) is 3.71. The molecule has 2 aliphatic rings. The number of halogens is 2. The first kappa shape index (κ1) is 15.2. The van der Waals surface area contributed by atoms with Gasteiger partial charge in [-0.2, -0.15) is 0 Å². The van der Waals surface area contributed by atoms with Gasteiger partial charge in [0, 0.05) is 30.8 Å². The number of likely N-dealkylation sites (tertiary alicyclic amines) is 1. The van der Waals surface area contributed by atoms with Crippen LogP contribution in [0, 0.1) is 17.6 Å². The number of hydrogen-bond donors (Lipinski definition) is 1. The Kier molecular flexibility index (Phi) is 4.52. The number of benzene rings is 1. The molecule has 0 unspecified atom stereocenters. The normalized spacial score (nSPS) is 22.4. The number of nitrogens with one attached hydrogen (secondary N) is 1. The summed E-state index contributed by atoms with van der Waals surface area (Å²) in [4.78, 5) is 14.3. The van der Waals surface area contributed by atoms with E-state index in [2.05, 4.69) is 10.2 Å². The van der Waals surface area contributed by atoms with Crippen molar-refractivity contribution in [1.29, 1.82) is 0 Å². The molecule has 5 heteroatoms. The van der Waals surface area contributed by atoms with Crippen molar-refractivity contribution in [1.82, 2.24) is 10.2 Å². The number of amides is 1. The Balaban J connectivity index is 1.47. The van der Waals surface area contributed by atoms with E-state index in [-0.39, 0.29) is 11.5 Å². The van der Waals surface area contributed by atoms with Crippen LogP contribution in [0.4, 0.5) is 8.78 Å². The van der Waals surface area contributed by atoms with Crippen molar-refractivity contribution in [3.63, 3.8) is 0 Å². The summed E-state index contributed by atoms with van der Waals surface area (Å²) in [6.45, 7) is 2.77. The zero-order valence-electron chi connectivity index (χ0n) is 12.4. The second-order valence-electron chi connectivity index (χ2n) is 6.09. The summed E-state index contributed by atoms with van der Waals surface area (Å²) >= 11 is 0. The molecule has 0 radical (unpaired) electrons. The van der Waals surface area contributed by atoms with E-state index < -0.39 is 11.6 Å². The van der Waals surface area contributed by atoms with Crippen LogP contribution in [-0.2, 0) is 4.79 Å². The molecule has 3 nitrogen and oxygen atoms in total. The van der Waals surface area contributed by atoms with Crippen molar-refractivity contribution in [3.05, 3.63) is 41.5 Å². The minimum absolute atomic E-state index is 0.182. The van der Waals surface area contributed by atoms with Gasteiger partial charge in [0.15, 0.2) is 0 Å². The second kappa shape index (κ2) is 6.57. The number of carbonyl (C=O) groups is 1. The van der Waals surface area contributed by atoms with Crippen molar-refractivity contribution >= 4 is 12.0 Å². The fraction of sp³-hybridized carbons (Fsp3) is 0.471. The van der Waals surface area contributed by atoms with Crippen LogP contribution in [-0.4, -0.2) is 36.5 Å². The van der Waals surface area contributed by atoms with E-state index in [4.69, 9.17) is 0 Å². The molecule has 0 bridgehead atoms. The average molecular weight is 306 g/mol. The number of carbonyl (C=O) groups excluding carboxylic acids is 1. The van der Waals surface area contributed by atoms with Gasteiger partial charge in [-0.1, -0.05) is 6.07 Å². The maximum atomic E-state index is 13.4. The fourth-order valence-electron chi connectivity index (χ4n) is 2.93. The molecular formula is C17H20F2N2O. The van der Waals surface area contributed by atoms with E-state index in [9.17, 15) is 13.6 Å². The van der Waals surface area contributed by atoms with Gasteiger partial charge >= 0.3 is 0 Å². The first-order chi connectivity index (χ1) is 10.6. The maximum absolute atomic E-state index is 13.4. The van der Waals surface area contributed by atoms with Gasteiger partial charge in [0.2, 0.25) is 5.91 Å². The highest BCUT2D eigenvalue weighted by Crippen LogP contribution is 2.31. The highest BCUT2D eigenvalue weighted by atomic mass is 19.1. The van der Waals surface area contributed by atoms with Crippen LogP contribution in [0.5, 0.6) is 0 Å². The minimum Gasteiger partial charge on any atom is -0.352 e. The summed E-state index contributed by atoms with van der Waals surface area (Å²) < 4.78 is 26.9. The summed E-state index contributed by atoms with van der Waals surface area (Å²) in [5.41, 5.74) is -0.182. The predicted molar refractivity (Wildman–Crippen MR) is 81.1 cm³/mol. The Hall–Kier alpha value is -1.75. The molecule has 1 atom stereocenters. The second-order valence-corrected chi connectivity index (χ2v) is 6.09. The van der Waals surface area contributed by atoms with Gasteiger partial charge in [0.25, 0.3) is 0 Å². The van der Waals surface area contributed by atoms with E-state index in [1.807, 2.05) is 0 Å². The van der Waals surface area contributed by atoms with Crippen LogP contribution in [0.25, 0.3) is 6.08 Å². The Morgan fingerprint density at radius 1 is 1.27 bits per heavy atom. The SMILES string of the molecule is O=C(/C=C\c1c(F)cccc1F)NC[C@H]1CCN(C2CC2)C1. The van der Waals surface area contributed by atoms with Gasteiger partial charge in [0.05, 0.1) is 0 Å². The summed E-state index contributed by atoms with van der Waals surface area (Å²) in [7, 11) is 0. The largest absolute Gasteiger partial charge is 0.352 e. The van der Waals surface area contributed by atoms with E-state index in [0.29, 0.717) is 12.5 Å². The molecule has 22 heavy (non-hydrogen) atoms. The van der Waals surface area contributed by atoms with E-state index in [1.165, 1.54) is 43.2 Å². The van der Waals surface area contributed by atoms with Crippen LogP contribution in [0.3, 0.4) is 0 Å². The van der Waals surface area contributed by atoms with Crippen LogP contribution in [0.2, 0.25) is 0 Å². The smallest absolute Gasteiger partial charge is 0.244 e. The number of hydrogen-bond acceptors (Lipinski definition) is 2. The molecule has 1 N–H and O–H groups in total. The zero-order valence-corrected chi connectivity index (χ0v) is 12.4. The highest BCUT2D eigenvalue weighted by molar-refractivity contribution is 5.91. The van der Waals surface area contributed by atoms with Crippen LogP contribution >= 0.6 is 0 Å². The molecular weight excluding hydrogens is 286 g/mol. The number of rotatable bonds is 5. The lowest BCUT2D eigenvalue weighted by Gasteiger charge is -2.14. The summed E-state index contributed by atoms with van der Waals surface area (Å²) in [6.07, 6.45) is 6.08. The molecule has 1 aliphatic heterocycles. The minimum atomic E-state index is -0.667. The van der Waals surface area contributed by atoms with Gasteiger partial charge in [-0.25, -0.2) is 8.78 Å². The van der Waals surface area contributed by atoms with Gasteiger partial charge < -0.3 is 10.2 Å². The Morgan fingerprint density at radius 2 is 2.00 bits per heavy atom. The molecule has 1 aromatic carbocycles. The topological polar surface area (TPSA) is 32.3 Å². The third-order valence-electron chi connectivity index (χ3n) is 4.35. The maximum Gasteiger partial charge on any atom is 0.244 e. The highest BCUT2D eigenvalue weighted by Gasteiger charge is 2.34. The molecule has 0 spiro atoms. The quantitative estimate of drug-likeness (QED) is 0.848. The third-order valence-corrected chi connectivity index (χ3v) is 4.35. The van der Waals surface area contributed by atoms with Crippen LogP contribution in [0.15, 0.2) is 24.3 Å². The molecule has 1 aromatic rings. The standard InChI is InChI=1S/C17H20F2N2O/c18-15-2-1-3-16(19)14(15)6-7-17(22)20-10-12-8-9-21(11-12)13-4-5-13/h1-3,6-7,12-13H,4-5,8-11H2,(H,20,22)/b7-6-/t12-/m1/s1. The molecule has 118 valence electrons. The van der Waals surface area contributed by atoms with E-state index in [1.54, 1.807) is 0 Å². The van der Waals surface area contributed by atoms with Crippen molar-refractivity contribution in [2.45, 2.75) is 25.3 Å². The first-order valence-corrected chi connectivity index (χ1v) is 7.77. The summed E-state index contributed by atoms with van der Waals surface area (Å²) in [5.74, 6) is -1.17. The molecule has 2 fully saturated rings. The zero-order chi connectivity index (χ0) is 15.5. The van der Waals surface area contributed by atoms with Crippen molar-refractivity contribution in [2.24, 2.45) is 5.92 Å². The van der Waals surface area contributed by atoms with E-state index >= 15 is 0 Å². The summed E-state index contributed by atoms with van der Waals surface area (Å²) in [6, 6.07) is 4.41. The molecule has 3 rings (SSSR count). The average Bonchev–Trinajstić information content (AvgIpc) is 3.23. The fourth-order valence-corrected chi connectivity index (χ4v) is 2.93. The predicted octanol–water partition coefficient (Wildman–Crippen LogP) is 2.58. The van der Waals surface area contributed by atoms with E-state index in [0.717, 1.165) is 25.6 Å². The Morgan fingerprint density at radius 3 is 2.68 bits per heavy atom. The molecule has 1 heterocycles. The van der Waals surface area contributed by atoms with Crippen LogP contribution < -0.4 is 5.32 Å². The van der Waals surface area contributed by atoms with Crippen molar-refractivity contribution < 1.29 is 13.6 Å². The monoisotopic (exact) mass is 306 g/mol. The molecule has 0 aromatic heterocycles. The van der Waals surface area contributed by atoms with Crippen LogP contribution in [0.1, 0.15) is 24.8 Å². The molecule has 1 aliphatic carbocycles. The van der Waals surface area contributed by atoms with Gasteiger partial charge in [-0.05, 0) is 49.9 Å². The lowest BCUT2D eigenvalue weighted by Crippen LogP contribution is -2.30. The number of nitrogens with zero attached hydrogens (tertiary/aromatic N) is 1. The molecule has 1 saturated heterocycles. The van der Waals surface area contributed by atoms with Gasteiger partial charge in [-0.15, -0.1) is 0 Å². The lowest BCUT2D eigenvalue weighted by atomic mass is 10.1. The lowest BCUT2D eigenvalue weighted by molar-refractivity contribution is -0.116.